The number of alkyl halides is 3. The van der Waals surface area contributed by atoms with E-state index in [0.717, 1.165) is 0 Å². The van der Waals surface area contributed by atoms with E-state index in [1.807, 2.05) is 6.07 Å². The second-order valence-electron chi connectivity index (χ2n) is 5.33. The van der Waals surface area contributed by atoms with Gasteiger partial charge in [-0.05, 0) is 48.9 Å². The molecule has 0 radical (unpaired) electrons. The molecule has 0 aromatic heterocycles. The number of hydrogen-bond acceptors (Lipinski definition) is 4. The highest BCUT2D eigenvalue weighted by molar-refractivity contribution is 5.78. The Morgan fingerprint density at radius 2 is 1.69 bits per heavy atom. The summed E-state index contributed by atoms with van der Waals surface area (Å²) in [6, 6.07) is 13.1. The van der Waals surface area contributed by atoms with Gasteiger partial charge in [-0.2, -0.15) is 5.26 Å². The molecule has 2 rings (SSSR count). The van der Waals surface area contributed by atoms with Crippen LogP contribution >= 0.6 is 0 Å². The molecule has 136 valence electrons. The summed E-state index contributed by atoms with van der Waals surface area (Å²) in [5.41, 5.74) is 1.10. The van der Waals surface area contributed by atoms with Crippen LogP contribution in [0.4, 0.5) is 13.2 Å². The van der Waals surface area contributed by atoms with Crippen LogP contribution in [0.15, 0.2) is 48.5 Å². The molecule has 1 unspecified atom stereocenters. The van der Waals surface area contributed by atoms with Gasteiger partial charge in [-0.15, -0.1) is 13.2 Å². The Bertz CT molecular complexity index is 781. The van der Waals surface area contributed by atoms with Crippen LogP contribution in [-0.2, 0) is 4.79 Å². The third-order valence-electron chi connectivity index (χ3n) is 3.34. The van der Waals surface area contributed by atoms with Gasteiger partial charge in [0.2, 0.25) is 0 Å². The van der Waals surface area contributed by atoms with Crippen molar-refractivity contribution in [3.63, 3.8) is 0 Å². The zero-order valence-corrected chi connectivity index (χ0v) is 13.7. The summed E-state index contributed by atoms with van der Waals surface area (Å²) in [7, 11) is 0. The molecule has 0 aliphatic heterocycles. The summed E-state index contributed by atoms with van der Waals surface area (Å²) < 4.78 is 45.5. The van der Waals surface area contributed by atoms with E-state index in [-0.39, 0.29) is 12.4 Å². The highest BCUT2D eigenvalue weighted by Crippen LogP contribution is 2.24. The number of rotatable bonds is 6. The number of amides is 1. The van der Waals surface area contributed by atoms with Crippen molar-refractivity contribution in [2.45, 2.75) is 19.3 Å². The molecule has 1 atom stereocenters. The molecule has 5 nitrogen and oxygen atoms in total. The molecular weight excluding hydrogens is 349 g/mol. The fourth-order valence-electron chi connectivity index (χ4n) is 2.10. The first-order chi connectivity index (χ1) is 12.3. The monoisotopic (exact) mass is 364 g/mol. The molecule has 1 N–H and O–H groups in total. The summed E-state index contributed by atoms with van der Waals surface area (Å²) in [5, 5.41) is 11.4. The zero-order valence-electron chi connectivity index (χ0n) is 13.7. The number of hydrogen-bond donors (Lipinski definition) is 1. The zero-order chi connectivity index (χ0) is 19.2. The molecule has 2 aromatic rings. The molecule has 2 aromatic carbocycles. The smallest absolute Gasteiger partial charge is 0.484 e. The van der Waals surface area contributed by atoms with E-state index in [1.54, 1.807) is 31.2 Å². The van der Waals surface area contributed by atoms with Crippen LogP contribution in [-0.4, -0.2) is 18.9 Å². The minimum atomic E-state index is -4.75. The van der Waals surface area contributed by atoms with E-state index < -0.39 is 18.3 Å². The number of nitrogens with one attached hydrogen (secondary N) is 1. The molecule has 0 aliphatic carbocycles. The van der Waals surface area contributed by atoms with Crippen LogP contribution in [0, 0.1) is 11.3 Å². The fraction of sp³-hybridized carbons (Fsp3) is 0.222. The largest absolute Gasteiger partial charge is 0.573 e. The number of carbonyl (C=O) groups is 1. The second kappa shape index (κ2) is 8.25. The van der Waals surface area contributed by atoms with Gasteiger partial charge in [0, 0.05) is 0 Å². The van der Waals surface area contributed by atoms with E-state index in [4.69, 9.17) is 10.00 Å². The summed E-state index contributed by atoms with van der Waals surface area (Å²) in [6.07, 6.45) is -4.75. The molecule has 0 bridgehead atoms. The molecule has 1 amide bonds. The number of nitriles is 1. The number of halogens is 3. The summed E-state index contributed by atoms with van der Waals surface area (Å²) >= 11 is 0. The maximum absolute atomic E-state index is 12.1. The van der Waals surface area contributed by atoms with E-state index in [9.17, 15) is 18.0 Å². The number of benzene rings is 2. The molecule has 0 saturated carbocycles. The topological polar surface area (TPSA) is 71.3 Å². The van der Waals surface area contributed by atoms with Crippen molar-refractivity contribution in [3.8, 4) is 17.6 Å². The highest BCUT2D eigenvalue weighted by Gasteiger charge is 2.31. The minimum Gasteiger partial charge on any atom is -0.484 e. The predicted molar refractivity (Wildman–Crippen MR) is 86.3 cm³/mol. The van der Waals surface area contributed by atoms with Crippen LogP contribution in [0.2, 0.25) is 0 Å². The van der Waals surface area contributed by atoms with Crippen LogP contribution in [0.25, 0.3) is 0 Å². The van der Waals surface area contributed by atoms with Gasteiger partial charge < -0.3 is 14.8 Å². The van der Waals surface area contributed by atoms with Gasteiger partial charge in [-0.3, -0.25) is 4.79 Å². The Hall–Kier alpha value is -3.21. The number of carbonyl (C=O) groups excluding carboxylic acids is 1. The Balaban J connectivity index is 1.85. The third kappa shape index (κ3) is 6.02. The molecule has 8 heteroatoms. The predicted octanol–water partition coefficient (Wildman–Crippen LogP) is 3.71. The van der Waals surface area contributed by atoms with Crippen molar-refractivity contribution < 1.29 is 27.4 Å². The molecule has 0 saturated heterocycles. The Morgan fingerprint density at radius 1 is 1.12 bits per heavy atom. The van der Waals surface area contributed by atoms with Crippen LogP contribution in [0.3, 0.4) is 0 Å². The van der Waals surface area contributed by atoms with E-state index >= 15 is 0 Å². The number of nitrogens with zero attached hydrogens (tertiary/aromatic N) is 1. The average molecular weight is 364 g/mol. The van der Waals surface area contributed by atoms with E-state index in [1.165, 1.54) is 24.3 Å². The quantitative estimate of drug-likeness (QED) is 0.848. The molecule has 0 heterocycles. The second-order valence-corrected chi connectivity index (χ2v) is 5.33. The van der Waals surface area contributed by atoms with Crippen molar-refractivity contribution in [1.82, 2.24) is 5.32 Å². The lowest BCUT2D eigenvalue weighted by molar-refractivity contribution is -0.274. The van der Waals surface area contributed by atoms with Gasteiger partial charge in [-0.1, -0.05) is 12.1 Å². The van der Waals surface area contributed by atoms with Crippen molar-refractivity contribution in [2.24, 2.45) is 0 Å². The van der Waals surface area contributed by atoms with Gasteiger partial charge in [0.1, 0.15) is 11.5 Å². The molecule has 0 aliphatic rings. The van der Waals surface area contributed by atoms with Crippen molar-refractivity contribution >= 4 is 5.91 Å². The van der Waals surface area contributed by atoms with Crippen LogP contribution in [0.5, 0.6) is 11.5 Å². The normalized spacial score (nSPS) is 12.0. The molecule has 0 spiro atoms. The van der Waals surface area contributed by atoms with E-state index in [2.05, 4.69) is 10.1 Å². The summed E-state index contributed by atoms with van der Waals surface area (Å²) in [4.78, 5) is 11.9. The standard InChI is InChI=1S/C18H15F3N2O3/c1-12(14-4-8-16(9-5-14)26-18(19,20)21)23-17(24)11-25-15-6-2-13(10-22)3-7-15/h2-9,12H,11H2,1H3,(H,23,24). The van der Waals surface area contributed by atoms with Crippen LogP contribution < -0.4 is 14.8 Å². The van der Waals surface area contributed by atoms with Crippen molar-refractivity contribution in [1.29, 1.82) is 5.26 Å². The van der Waals surface area contributed by atoms with Gasteiger partial charge >= 0.3 is 6.36 Å². The van der Waals surface area contributed by atoms with Crippen LogP contribution in [0.1, 0.15) is 24.1 Å². The maximum Gasteiger partial charge on any atom is 0.573 e. The van der Waals surface area contributed by atoms with Gasteiger partial charge in [-0.25, -0.2) is 0 Å². The molecular formula is C18H15F3N2O3. The first-order valence-electron chi connectivity index (χ1n) is 7.55. The van der Waals surface area contributed by atoms with Gasteiger partial charge in [0.25, 0.3) is 5.91 Å². The summed E-state index contributed by atoms with van der Waals surface area (Å²) in [5.74, 6) is -0.276. The SMILES string of the molecule is CC(NC(=O)COc1ccc(C#N)cc1)c1ccc(OC(F)(F)F)cc1. The third-order valence-corrected chi connectivity index (χ3v) is 3.34. The molecule has 26 heavy (non-hydrogen) atoms. The maximum atomic E-state index is 12.1. The van der Waals surface area contributed by atoms with Crippen molar-refractivity contribution in [2.75, 3.05) is 6.61 Å². The lowest BCUT2D eigenvalue weighted by atomic mass is 10.1. The highest BCUT2D eigenvalue weighted by atomic mass is 19.4. The lowest BCUT2D eigenvalue weighted by Gasteiger charge is -2.16. The van der Waals surface area contributed by atoms with Gasteiger partial charge in [0.15, 0.2) is 6.61 Å². The Morgan fingerprint density at radius 3 is 2.23 bits per heavy atom. The lowest BCUT2D eigenvalue weighted by Crippen LogP contribution is -2.31. The Labute approximate surface area is 148 Å². The van der Waals surface area contributed by atoms with Crippen molar-refractivity contribution in [3.05, 3.63) is 59.7 Å². The number of ether oxygens (including phenoxy) is 2. The summed E-state index contributed by atoms with van der Waals surface area (Å²) in [6.45, 7) is 1.46. The fourth-order valence-corrected chi connectivity index (χ4v) is 2.10. The first kappa shape index (κ1) is 19.1. The first-order valence-corrected chi connectivity index (χ1v) is 7.55. The minimum absolute atomic E-state index is 0.231. The molecule has 0 fully saturated rings. The average Bonchev–Trinajstić information content (AvgIpc) is 2.59. The Kier molecular flexibility index (Phi) is 6.07. The van der Waals surface area contributed by atoms with Gasteiger partial charge in [0.05, 0.1) is 17.7 Å². The van der Waals surface area contributed by atoms with E-state index in [0.29, 0.717) is 16.9 Å².